The van der Waals surface area contributed by atoms with Gasteiger partial charge in [0.25, 0.3) is 0 Å². The fourth-order valence-electron chi connectivity index (χ4n) is 11.4. The molecule has 0 unspecified atom stereocenters. The van der Waals surface area contributed by atoms with Crippen LogP contribution in [0.2, 0.25) is 0 Å². The summed E-state index contributed by atoms with van der Waals surface area (Å²) >= 11 is 0. The first-order chi connectivity index (χ1) is 33.4. The van der Waals surface area contributed by atoms with Crippen LogP contribution in [0.25, 0.3) is 82.5 Å². The van der Waals surface area contributed by atoms with Gasteiger partial charge in [0, 0.05) is 74.5 Å². The highest BCUT2D eigenvalue weighted by Gasteiger charge is 2.34. The van der Waals surface area contributed by atoms with Crippen molar-refractivity contribution in [2.24, 2.45) is 0 Å². The Kier molecular flexibility index (Phi) is 9.32. The van der Waals surface area contributed by atoms with E-state index in [9.17, 15) is 0 Å². The third-order valence-corrected chi connectivity index (χ3v) is 18.7. The quantitative estimate of drug-likeness (QED) is 0.142. The Balaban J connectivity index is 1.12. The maximum absolute atomic E-state index is 2.52. The molecule has 0 saturated carbocycles. The lowest BCUT2D eigenvalue weighted by atomic mass is 9.65. The molecule has 0 atom stereocenters. The van der Waals surface area contributed by atoms with Gasteiger partial charge in [0.2, 0.25) is 0 Å². The van der Waals surface area contributed by atoms with E-state index in [2.05, 4.69) is 270 Å². The lowest BCUT2D eigenvalue weighted by molar-refractivity contribution is 1.14. The Labute approximate surface area is 401 Å². The highest BCUT2D eigenvalue weighted by molar-refractivity contribution is 8.34. The fraction of sp³-hybridized carbons (Fsp3) is 0. The Morgan fingerprint density at radius 3 is 1.16 bits per heavy atom. The van der Waals surface area contributed by atoms with Gasteiger partial charge in [0.15, 0.2) is 0 Å². The predicted molar refractivity (Wildman–Crippen MR) is 302 cm³/mol. The molecule has 10 aromatic carbocycles. The molecule has 0 N–H and O–H groups in total. The topological polar surface area (TPSA) is 14.8 Å². The number of nitrogens with zero attached hydrogens (tertiary/aromatic N) is 3. The summed E-state index contributed by atoms with van der Waals surface area (Å²) < 4.78 is 7.48. The third-order valence-electron chi connectivity index (χ3n) is 14.8. The van der Waals surface area contributed by atoms with Crippen molar-refractivity contribution in [1.29, 1.82) is 0 Å². The van der Waals surface area contributed by atoms with Crippen LogP contribution in [0.3, 0.4) is 0 Å². The Bertz CT molecular complexity index is 3990. The molecule has 13 rings (SSSR count). The Morgan fingerprint density at radius 2 is 0.647 bits per heavy atom. The summed E-state index contributed by atoms with van der Waals surface area (Å²) in [5, 5.41) is 7.57. The van der Waals surface area contributed by atoms with Gasteiger partial charge in [-0.3, -0.25) is 0 Å². The van der Waals surface area contributed by atoms with Gasteiger partial charge < -0.3 is 13.7 Å². The first kappa shape index (κ1) is 40.5. The number of benzene rings is 10. The smallest absolute Gasteiger partial charge is 0.141 e. The van der Waals surface area contributed by atoms with Crippen LogP contribution in [0.1, 0.15) is 0 Å². The zero-order valence-electron chi connectivity index (χ0n) is 38.6. The van der Waals surface area contributed by atoms with Crippen molar-refractivity contribution in [2.75, 3.05) is 0 Å². The zero-order chi connectivity index (χ0) is 45.7. The van der Waals surface area contributed by atoms with Crippen molar-refractivity contribution < 1.29 is 0 Å². The molecule has 3 heterocycles. The van der Waals surface area contributed by atoms with Gasteiger partial charge in [0.1, 0.15) is 31.4 Å². The van der Waals surface area contributed by atoms with Gasteiger partial charge in [0.05, 0.1) is 27.6 Å². The maximum Gasteiger partial charge on any atom is 0.141 e. The molecule has 318 valence electrons. The van der Waals surface area contributed by atoms with E-state index in [4.69, 9.17) is 0 Å². The van der Waals surface area contributed by atoms with Gasteiger partial charge in [-0.15, -0.1) is 15.5 Å². The molecule has 8 heteroatoms. The van der Waals surface area contributed by atoms with Gasteiger partial charge in [-0.1, -0.05) is 132 Å². The second kappa shape index (κ2) is 15.7. The molecule has 0 spiro atoms. The summed E-state index contributed by atoms with van der Waals surface area (Å²) in [5.41, 5.74) is 16.1. The van der Waals surface area contributed by atoms with E-state index in [-0.39, 0.29) is 0 Å². The van der Waals surface area contributed by atoms with Crippen LogP contribution in [0.4, 0.5) is 0 Å². The minimum atomic E-state index is -1.92. The van der Waals surface area contributed by atoms with Crippen LogP contribution in [0.15, 0.2) is 244 Å². The standard InChI is InChI=1S/C60H45B4N3S/c61-56-55-47-27-12-15-30-52(47)67(60(55)59(64)58(63)57(56)62)40-32-34-54-49(37-40)48-36-39(66-50-28-13-10-25-45(50)46-26-11-14-29-51(46)66)31-33-53(48)65(54)38-17-16-24-44(35-38)68(41-18-4-1-5-19-41,42-20-6-2-7-21-42)43-22-8-3-9-23-43/h1-37H,61-64H2. The second-order valence-electron chi connectivity index (χ2n) is 18.2. The first-order valence-corrected chi connectivity index (χ1v) is 25.2. The first-order valence-electron chi connectivity index (χ1n) is 23.6. The number of hydrogen-bond acceptors (Lipinski definition) is 0. The van der Waals surface area contributed by atoms with Crippen LogP contribution in [-0.4, -0.2) is 45.1 Å². The summed E-state index contributed by atoms with van der Waals surface area (Å²) in [5.74, 6) is 0. The SMILES string of the molecule is Bc1c(B)c(B)c2c(c1B)c1ccccc1n2-c1ccc2c(c1)c1cc(-n3c4ccccc4c4ccccc43)ccc1n2-c1cccc(S(c2ccccc2)(c2ccccc2)c2ccccc2)c1. The summed E-state index contributed by atoms with van der Waals surface area (Å²) in [6, 6.07) is 83.7. The monoisotopic (exact) mass is 883 g/mol. The lowest BCUT2D eigenvalue weighted by Crippen LogP contribution is -2.48. The minimum absolute atomic E-state index is 1.13. The highest BCUT2D eigenvalue weighted by atomic mass is 32.3. The van der Waals surface area contributed by atoms with E-state index in [0.717, 1.165) is 17.1 Å². The van der Waals surface area contributed by atoms with E-state index in [0.29, 0.717) is 0 Å². The molecule has 13 aromatic rings. The molecule has 0 bridgehead atoms. The Morgan fingerprint density at radius 1 is 0.265 bits per heavy atom. The van der Waals surface area contributed by atoms with Gasteiger partial charge in [-0.2, -0.15) is 0 Å². The average Bonchev–Trinajstić information content (AvgIpc) is 4.04. The predicted octanol–water partition coefficient (Wildman–Crippen LogP) is 9.35. The van der Waals surface area contributed by atoms with Crippen molar-refractivity contribution in [1.82, 2.24) is 13.7 Å². The summed E-state index contributed by atoms with van der Waals surface area (Å²) in [4.78, 5) is 5.20. The average molecular weight is 883 g/mol. The van der Waals surface area contributed by atoms with Crippen molar-refractivity contribution in [3.8, 4) is 17.1 Å². The number of hydrogen-bond donors (Lipinski definition) is 0. The maximum atomic E-state index is 2.52. The summed E-state index contributed by atoms with van der Waals surface area (Å²) in [6.45, 7) is 0. The van der Waals surface area contributed by atoms with Gasteiger partial charge in [-0.25, -0.2) is 0 Å². The minimum Gasteiger partial charge on any atom is -0.310 e. The highest BCUT2D eigenvalue weighted by Crippen LogP contribution is 2.73. The molecule has 0 saturated heterocycles. The Hall–Kier alpha value is -7.79. The molecule has 0 aliphatic rings. The summed E-state index contributed by atoms with van der Waals surface area (Å²) in [7, 11) is 7.24. The molecule has 0 aliphatic carbocycles. The molecule has 0 amide bonds. The van der Waals surface area contributed by atoms with Crippen molar-refractivity contribution >= 4 is 129 Å². The normalized spacial score (nSPS) is 12.3. The van der Waals surface area contributed by atoms with E-state index < -0.39 is 10.0 Å². The number of fused-ring (bicyclic) bond motifs is 9. The van der Waals surface area contributed by atoms with E-state index in [1.54, 1.807) is 0 Å². The van der Waals surface area contributed by atoms with Crippen molar-refractivity contribution in [3.63, 3.8) is 0 Å². The molecule has 0 fully saturated rings. The van der Waals surface area contributed by atoms with E-state index in [1.165, 1.54) is 107 Å². The van der Waals surface area contributed by atoms with Crippen LogP contribution in [-0.2, 0) is 0 Å². The second-order valence-corrected chi connectivity index (χ2v) is 21.3. The van der Waals surface area contributed by atoms with Crippen LogP contribution in [0, 0.1) is 0 Å². The van der Waals surface area contributed by atoms with Crippen molar-refractivity contribution in [3.05, 3.63) is 224 Å². The zero-order valence-corrected chi connectivity index (χ0v) is 39.4. The molecule has 0 radical (unpaired) electrons. The van der Waals surface area contributed by atoms with E-state index >= 15 is 0 Å². The molecule has 3 aromatic heterocycles. The van der Waals surface area contributed by atoms with Crippen LogP contribution in [0.5, 0.6) is 0 Å². The van der Waals surface area contributed by atoms with Crippen LogP contribution < -0.4 is 21.9 Å². The molecule has 68 heavy (non-hydrogen) atoms. The van der Waals surface area contributed by atoms with Crippen LogP contribution >= 0.6 is 10.0 Å². The molecule has 3 nitrogen and oxygen atoms in total. The lowest BCUT2D eigenvalue weighted by Gasteiger charge is -2.42. The summed E-state index contributed by atoms with van der Waals surface area (Å²) in [6.07, 6.45) is 0. The number of rotatable bonds is 7. The number of para-hydroxylation sites is 3. The molecular formula is C60H45B4N3S. The third kappa shape index (κ3) is 5.80. The molecule has 0 aliphatic heterocycles. The van der Waals surface area contributed by atoms with E-state index in [1.807, 2.05) is 0 Å². The fourth-order valence-corrected chi connectivity index (χ4v) is 15.3. The largest absolute Gasteiger partial charge is 0.310 e. The van der Waals surface area contributed by atoms with Gasteiger partial charge in [-0.05, 0) is 109 Å². The van der Waals surface area contributed by atoms with Crippen molar-refractivity contribution in [2.45, 2.75) is 19.6 Å². The van der Waals surface area contributed by atoms with Gasteiger partial charge >= 0.3 is 0 Å². The molecular weight excluding hydrogens is 838 g/mol. The number of aromatic nitrogens is 3.